The summed E-state index contributed by atoms with van der Waals surface area (Å²) in [5.41, 5.74) is 0.754. The van der Waals surface area contributed by atoms with Crippen LogP contribution in [0.15, 0.2) is 48.5 Å². The van der Waals surface area contributed by atoms with Gasteiger partial charge in [-0.2, -0.15) is 13.2 Å². The molecule has 1 atom stereocenters. The van der Waals surface area contributed by atoms with Crippen molar-refractivity contribution in [1.29, 1.82) is 0 Å². The molecule has 0 aliphatic heterocycles. The van der Waals surface area contributed by atoms with Crippen LogP contribution in [0, 0.1) is 0 Å². The van der Waals surface area contributed by atoms with Crippen molar-refractivity contribution in [3.05, 3.63) is 59.7 Å². The summed E-state index contributed by atoms with van der Waals surface area (Å²) in [4.78, 5) is 22.6. The van der Waals surface area contributed by atoms with E-state index in [-0.39, 0.29) is 5.56 Å². The molecule has 0 unspecified atom stereocenters. The van der Waals surface area contributed by atoms with Crippen LogP contribution in [0.3, 0.4) is 0 Å². The monoisotopic (exact) mass is 337 g/mol. The zero-order valence-electron chi connectivity index (χ0n) is 12.6. The van der Waals surface area contributed by atoms with Gasteiger partial charge in [0.15, 0.2) is 0 Å². The van der Waals surface area contributed by atoms with Crippen molar-refractivity contribution in [2.24, 2.45) is 0 Å². The predicted octanol–water partition coefficient (Wildman–Crippen LogP) is 3.58. The number of carbonyl (C=O) groups is 2. The fraction of sp³-hybridized carbons (Fsp3) is 0.176. The van der Waals surface area contributed by atoms with E-state index in [9.17, 15) is 22.8 Å². The Labute approximate surface area is 135 Å². The van der Waals surface area contributed by atoms with Gasteiger partial charge in [0.2, 0.25) is 0 Å². The standard InChI is InChI=1S/C17H14F3NO3/c1-10(16(23)24)21-15(22)13-4-2-11(3-5-13)12-6-8-14(9-7-12)17(18,19)20/h2-10H,1H3,(H,21,22)(H,23,24)/t10-/m0/s1. The zero-order chi connectivity index (χ0) is 17.9. The molecule has 126 valence electrons. The third-order valence-corrected chi connectivity index (χ3v) is 3.41. The predicted molar refractivity (Wildman–Crippen MR) is 81.4 cm³/mol. The van der Waals surface area contributed by atoms with Crippen LogP contribution < -0.4 is 5.32 Å². The number of benzene rings is 2. The number of aliphatic carboxylic acids is 1. The van der Waals surface area contributed by atoms with Gasteiger partial charge in [0.05, 0.1) is 5.56 Å². The second-order valence-corrected chi connectivity index (χ2v) is 5.19. The van der Waals surface area contributed by atoms with Gasteiger partial charge in [-0.15, -0.1) is 0 Å². The van der Waals surface area contributed by atoms with Crippen LogP contribution in [0.25, 0.3) is 11.1 Å². The Balaban J connectivity index is 2.14. The van der Waals surface area contributed by atoms with Crippen molar-refractivity contribution in [2.45, 2.75) is 19.1 Å². The lowest BCUT2D eigenvalue weighted by Crippen LogP contribution is -2.38. The summed E-state index contributed by atoms with van der Waals surface area (Å²) in [6.07, 6.45) is -4.39. The van der Waals surface area contributed by atoms with E-state index in [2.05, 4.69) is 5.32 Å². The van der Waals surface area contributed by atoms with Gasteiger partial charge >= 0.3 is 12.1 Å². The molecule has 0 aliphatic rings. The van der Waals surface area contributed by atoms with E-state index >= 15 is 0 Å². The number of carbonyl (C=O) groups excluding carboxylic acids is 1. The van der Waals surface area contributed by atoms with Gasteiger partial charge in [-0.25, -0.2) is 0 Å². The molecular formula is C17H14F3NO3. The first-order chi connectivity index (χ1) is 11.2. The van der Waals surface area contributed by atoms with Gasteiger partial charge in [0.1, 0.15) is 6.04 Å². The van der Waals surface area contributed by atoms with Crippen LogP contribution in [0.4, 0.5) is 13.2 Å². The molecule has 2 rings (SSSR count). The van der Waals surface area contributed by atoms with E-state index in [1.165, 1.54) is 31.2 Å². The number of halogens is 3. The number of carboxylic acid groups (broad SMARTS) is 1. The topological polar surface area (TPSA) is 66.4 Å². The molecule has 2 aromatic rings. The quantitative estimate of drug-likeness (QED) is 0.896. The first-order valence-electron chi connectivity index (χ1n) is 7.00. The molecule has 0 aromatic heterocycles. The maximum absolute atomic E-state index is 12.5. The fourth-order valence-electron chi connectivity index (χ4n) is 2.01. The second-order valence-electron chi connectivity index (χ2n) is 5.19. The molecule has 0 bridgehead atoms. The molecule has 1 amide bonds. The minimum atomic E-state index is -4.39. The van der Waals surface area contributed by atoms with E-state index < -0.39 is 29.7 Å². The van der Waals surface area contributed by atoms with Gasteiger partial charge in [-0.3, -0.25) is 9.59 Å². The summed E-state index contributed by atoms with van der Waals surface area (Å²) in [6.45, 7) is 1.34. The van der Waals surface area contributed by atoms with Gasteiger partial charge < -0.3 is 10.4 Å². The van der Waals surface area contributed by atoms with Gasteiger partial charge in [-0.05, 0) is 42.3 Å². The van der Waals surface area contributed by atoms with Crippen LogP contribution >= 0.6 is 0 Å². The third kappa shape index (κ3) is 4.13. The van der Waals surface area contributed by atoms with E-state index in [0.717, 1.165) is 12.1 Å². The number of carboxylic acids is 1. The van der Waals surface area contributed by atoms with Crippen molar-refractivity contribution in [1.82, 2.24) is 5.32 Å². The smallest absolute Gasteiger partial charge is 0.416 e. The van der Waals surface area contributed by atoms with Crippen molar-refractivity contribution < 1.29 is 27.9 Å². The van der Waals surface area contributed by atoms with Crippen molar-refractivity contribution in [3.8, 4) is 11.1 Å². The highest BCUT2D eigenvalue weighted by molar-refractivity contribution is 5.96. The Morgan fingerprint density at radius 3 is 1.83 bits per heavy atom. The van der Waals surface area contributed by atoms with Gasteiger partial charge in [-0.1, -0.05) is 24.3 Å². The van der Waals surface area contributed by atoms with Crippen LogP contribution in [0.5, 0.6) is 0 Å². The van der Waals surface area contributed by atoms with E-state index in [4.69, 9.17) is 5.11 Å². The molecule has 0 heterocycles. The molecule has 0 fully saturated rings. The van der Waals surface area contributed by atoms with Crippen LogP contribution in [0.1, 0.15) is 22.8 Å². The number of rotatable bonds is 4. The zero-order valence-corrected chi connectivity index (χ0v) is 12.6. The number of amides is 1. The first-order valence-corrected chi connectivity index (χ1v) is 7.00. The minimum absolute atomic E-state index is 0.263. The van der Waals surface area contributed by atoms with E-state index in [0.29, 0.717) is 11.1 Å². The highest BCUT2D eigenvalue weighted by Crippen LogP contribution is 2.31. The average Bonchev–Trinajstić information content (AvgIpc) is 2.54. The van der Waals surface area contributed by atoms with Crippen LogP contribution in [0.2, 0.25) is 0 Å². The number of hydrogen-bond acceptors (Lipinski definition) is 2. The summed E-state index contributed by atoms with van der Waals surface area (Å²) in [6, 6.07) is 9.80. The maximum Gasteiger partial charge on any atom is 0.416 e. The Bertz CT molecular complexity index is 737. The molecule has 4 nitrogen and oxygen atoms in total. The van der Waals surface area contributed by atoms with E-state index in [1.54, 1.807) is 12.1 Å². The molecule has 0 radical (unpaired) electrons. The summed E-state index contributed by atoms with van der Waals surface area (Å²) < 4.78 is 37.6. The Morgan fingerprint density at radius 1 is 0.958 bits per heavy atom. The molecule has 7 heteroatoms. The highest BCUT2D eigenvalue weighted by atomic mass is 19.4. The lowest BCUT2D eigenvalue weighted by atomic mass is 10.0. The van der Waals surface area contributed by atoms with Crippen molar-refractivity contribution in [2.75, 3.05) is 0 Å². The molecule has 0 aliphatic carbocycles. The summed E-state index contributed by atoms with van der Waals surface area (Å²) in [7, 11) is 0. The van der Waals surface area contributed by atoms with Crippen molar-refractivity contribution in [3.63, 3.8) is 0 Å². The minimum Gasteiger partial charge on any atom is -0.480 e. The SMILES string of the molecule is C[C@H](NC(=O)c1ccc(-c2ccc(C(F)(F)F)cc2)cc1)C(=O)O. The van der Waals surface area contributed by atoms with Crippen LogP contribution in [-0.2, 0) is 11.0 Å². The molecule has 2 N–H and O–H groups in total. The third-order valence-electron chi connectivity index (χ3n) is 3.41. The molecular weight excluding hydrogens is 323 g/mol. The first kappa shape index (κ1) is 17.5. The Hall–Kier alpha value is -2.83. The molecule has 24 heavy (non-hydrogen) atoms. The average molecular weight is 337 g/mol. The van der Waals surface area contributed by atoms with Crippen LogP contribution in [-0.4, -0.2) is 23.0 Å². The fourth-order valence-corrected chi connectivity index (χ4v) is 2.01. The number of hydrogen-bond donors (Lipinski definition) is 2. The lowest BCUT2D eigenvalue weighted by molar-refractivity contribution is -0.139. The molecule has 0 saturated carbocycles. The number of alkyl halides is 3. The van der Waals surface area contributed by atoms with Gasteiger partial charge in [0, 0.05) is 5.56 Å². The lowest BCUT2D eigenvalue weighted by Gasteiger charge is -2.10. The second kappa shape index (κ2) is 6.74. The molecule has 2 aromatic carbocycles. The Kier molecular flexibility index (Phi) is 4.92. The normalized spacial score (nSPS) is 12.5. The van der Waals surface area contributed by atoms with E-state index in [1.807, 2.05) is 0 Å². The number of nitrogens with one attached hydrogen (secondary N) is 1. The Morgan fingerprint density at radius 2 is 1.42 bits per heavy atom. The molecule has 0 spiro atoms. The largest absolute Gasteiger partial charge is 0.480 e. The molecule has 0 saturated heterocycles. The summed E-state index contributed by atoms with van der Waals surface area (Å²) in [5, 5.41) is 11.1. The van der Waals surface area contributed by atoms with Gasteiger partial charge in [0.25, 0.3) is 5.91 Å². The maximum atomic E-state index is 12.5. The van der Waals surface area contributed by atoms with Crippen molar-refractivity contribution >= 4 is 11.9 Å². The summed E-state index contributed by atoms with van der Waals surface area (Å²) >= 11 is 0. The highest BCUT2D eigenvalue weighted by Gasteiger charge is 2.29. The summed E-state index contributed by atoms with van der Waals surface area (Å²) in [5.74, 6) is -1.69.